The molecule has 1 aromatic rings. The number of amides is 3. The molecule has 15 nitrogen and oxygen atoms in total. The maximum atomic E-state index is 14.1. The van der Waals surface area contributed by atoms with Crippen LogP contribution in [0.4, 0.5) is 10.5 Å². The summed E-state index contributed by atoms with van der Waals surface area (Å²) in [4.78, 5) is 67.1. The third-order valence-corrected chi connectivity index (χ3v) is 11.8. The normalized spacial score (nSPS) is 30.4. The predicted octanol–water partition coefficient (Wildman–Crippen LogP) is 4.11. The van der Waals surface area contributed by atoms with Crippen molar-refractivity contribution in [3.63, 3.8) is 0 Å². The summed E-state index contributed by atoms with van der Waals surface area (Å²) in [6.45, 7) is 6.89. The molecular formula is C38H52ClN3O12S. The lowest BCUT2D eigenvalue weighted by Crippen LogP contribution is -2.63. The number of hydrogen-bond acceptors (Lipinski definition) is 12. The van der Waals surface area contributed by atoms with Crippen LogP contribution in [0, 0.1) is 5.92 Å². The van der Waals surface area contributed by atoms with Gasteiger partial charge in [-0.25, -0.2) is 9.59 Å². The number of methoxy groups -OCH3 is 2. The third kappa shape index (κ3) is 10.5. The number of allylic oxidation sites excluding steroid dienone is 3. The quantitative estimate of drug-likeness (QED) is 0.164. The van der Waals surface area contributed by atoms with Crippen LogP contribution in [0.1, 0.15) is 58.9 Å². The minimum atomic E-state index is -1.85. The second-order valence-electron chi connectivity index (χ2n) is 14.4. The van der Waals surface area contributed by atoms with Gasteiger partial charge in [0.05, 0.1) is 31.7 Å². The van der Waals surface area contributed by atoms with E-state index < -0.39 is 71.6 Å². The SMILES string of the molecule is COc1cc2cc(c1Cl)N(C)C(=O)C[C@H](OC(=O)[C@H](C)N(C)C(=O)CCSCCC(=O)O)[C@]1(C)O[C@H]1[C@H](C)[C@@H]1C[C@@](O)(NC(=O)O1)[C@H](OC)/C=C/C=C(\C)C2. The molecule has 0 unspecified atom stereocenters. The zero-order chi connectivity index (χ0) is 40.8. The second-order valence-corrected chi connectivity index (χ2v) is 16.0. The zero-order valence-electron chi connectivity index (χ0n) is 32.5. The van der Waals surface area contributed by atoms with Gasteiger partial charge >= 0.3 is 18.0 Å². The number of rotatable bonds is 11. The zero-order valence-corrected chi connectivity index (χ0v) is 34.0. The molecule has 3 N–H and O–H groups in total. The molecule has 3 amide bonds. The second kappa shape index (κ2) is 18.4. The highest BCUT2D eigenvalue weighted by atomic mass is 35.5. The molecule has 4 bridgehead atoms. The van der Waals surface area contributed by atoms with E-state index in [1.165, 1.54) is 49.8 Å². The van der Waals surface area contributed by atoms with Crippen molar-refractivity contribution in [3.05, 3.63) is 46.5 Å². The summed E-state index contributed by atoms with van der Waals surface area (Å²) in [7, 11) is 5.91. The van der Waals surface area contributed by atoms with Crippen molar-refractivity contribution >= 4 is 58.9 Å². The molecule has 17 heteroatoms. The van der Waals surface area contributed by atoms with Crippen LogP contribution in [0.25, 0.3) is 0 Å². The number of ether oxygens (including phenoxy) is 5. The highest BCUT2D eigenvalue weighted by Gasteiger charge is 2.64. The van der Waals surface area contributed by atoms with Crippen molar-refractivity contribution in [2.45, 2.75) is 102 Å². The molecule has 4 rings (SSSR count). The van der Waals surface area contributed by atoms with Gasteiger partial charge in [0.2, 0.25) is 11.8 Å². The van der Waals surface area contributed by atoms with Crippen LogP contribution in [0.3, 0.4) is 0 Å². The molecule has 3 aliphatic rings. The predicted molar refractivity (Wildman–Crippen MR) is 205 cm³/mol. The number of likely N-dealkylation sites (N-methyl/N-ethyl adjacent to an activating group) is 1. The Bertz CT molecular complexity index is 1690. The number of carboxylic acid groups (broad SMARTS) is 1. The van der Waals surface area contributed by atoms with Gasteiger partial charge in [-0.05, 0) is 44.9 Å². The van der Waals surface area contributed by atoms with Crippen LogP contribution >= 0.6 is 23.4 Å². The molecule has 0 saturated carbocycles. The summed E-state index contributed by atoms with van der Waals surface area (Å²) in [5.41, 5.74) is -1.03. The lowest BCUT2D eigenvalue weighted by atomic mass is 9.83. The monoisotopic (exact) mass is 809 g/mol. The van der Waals surface area contributed by atoms with Crippen molar-refractivity contribution in [3.8, 4) is 5.75 Å². The molecule has 2 fully saturated rings. The van der Waals surface area contributed by atoms with Gasteiger partial charge in [-0.15, -0.1) is 0 Å². The number of epoxide rings is 1. The lowest BCUT2D eigenvalue weighted by molar-refractivity contribution is -0.162. The van der Waals surface area contributed by atoms with E-state index in [4.69, 9.17) is 40.4 Å². The number of fused-ring (bicyclic) bond motifs is 5. The third-order valence-electron chi connectivity index (χ3n) is 10.4. The topological polar surface area (TPSA) is 194 Å². The summed E-state index contributed by atoms with van der Waals surface area (Å²) in [6.07, 6.45) is 0.727. The molecule has 8 atom stereocenters. The Morgan fingerprint density at radius 2 is 1.89 bits per heavy atom. The van der Waals surface area contributed by atoms with Crippen LogP contribution in [-0.2, 0) is 44.5 Å². The fraction of sp³-hybridized carbons (Fsp3) is 0.605. The first kappa shape index (κ1) is 43.9. The molecule has 304 valence electrons. The Kier molecular flexibility index (Phi) is 14.7. The van der Waals surface area contributed by atoms with Gasteiger partial charge in [0.1, 0.15) is 40.7 Å². The van der Waals surface area contributed by atoms with Gasteiger partial charge in [-0.2, -0.15) is 11.8 Å². The Hall–Kier alpha value is -3.83. The maximum absolute atomic E-state index is 14.1. The van der Waals surface area contributed by atoms with Crippen molar-refractivity contribution in [2.75, 3.05) is 44.7 Å². The lowest BCUT2D eigenvalue weighted by Gasteiger charge is -2.42. The number of aliphatic hydroxyl groups is 1. The number of carbonyl (C=O) groups is 5. The van der Waals surface area contributed by atoms with Gasteiger partial charge in [-0.1, -0.05) is 42.3 Å². The number of nitrogens with one attached hydrogen (secondary N) is 1. The van der Waals surface area contributed by atoms with Crippen LogP contribution < -0.4 is 15.0 Å². The standard InChI is InChI=1S/C38H52ClN3O12S/c1-21-10-9-11-28(51-8)38(49)20-27(52-36(48)40-38)22(2)34-37(4,54-34)29(19-31(44)42(6)25-17-24(16-21)18-26(50-7)33(25)39)53-35(47)23(3)41(5)30(43)12-14-55-15-13-32(45)46/h9-11,17-18,22-23,27-29,34,49H,12-16,19-20H2,1-8H3,(H,40,48)(H,45,46)/b11-9+,21-10+/t22-,23+,27+,28-,29+,34+,37+,38+/m1/s1. The molecule has 3 heterocycles. The van der Waals surface area contributed by atoms with Crippen LogP contribution in [-0.4, -0.2) is 127 Å². The van der Waals surface area contributed by atoms with E-state index in [0.717, 1.165) is 11.1 Å². The van der Waals surface area contributed by atoms with E-state index in [0.29, 0.717) is 29.4 Å². The summed E-state index contributed by atoms with van der Waals surface area (Å²) in [6, 6.07) is 2.50. The average molecular weight is 810 g/mol. The van der Waals surface area contributed by atoms with Crippen molar-refractivity contribution in [1.29, 1.82) is 0 Å². The Morgan fingerprint density at radius 3 is 2.55 bits per heavy atom. The number of halogens is 1. The molecule has 1 aromatic carbocycles. The van der Waals surface area contributed by atoms with Crippen molar-refractivity contribution < 1.29 is 57.9 Å². The van der Waals surface area contributed by atoms with Gasteiger partial charge in [-0.3, -0.25) is 19.7 Å². The van der Waals surface area contributed by atoms with E-state index in [2.05, 4.69) is 5.32 Å². The van der Waals surface area contributed by atoms with Gasteiger partial charge in [0.25, 0.3) is 0 Å². The fourth-order valence-corrected chi connectivity index (χ4v) is 7.97. The highest BCUT2D eigenvalue weighted by Crippen LogP contribution is 2.49. The minimum absolute atomic E-state index is 0.0265. The Balaban J connectivity index is 1.68. The number of anilines is 1. The molecule has 0 aromatic heterocycles. The number of hydrogen-bond donors (Lipinski definition) is 3. The first-order chi connectivity index (χ1) is 25.8. The van der Waals surface area contributed by atoms with Crippen LogP contribution in [0.5, 0.6) is 5.75 Å². The van der Waals surface area contributed by atoms with Crippen LogP contribution in [0.2, 0.25) is 5.02 Å². The number of benzene rings is 1. The first-order valence-electron chi connectivity index (χ1n) is 18.0. The highest BCUT2D eigenvalue weighted by molar-refractivity contribution is 7.99. The number of esters is 1. The summed E-state index contributed by atoms with van der Waals surface area (Å²) in [5, 5.41) is 23.3. The summed E-state index contributed by atoms with van der Waals surface area (Å²) >= 11 is 8.07. The largest absolute Gasteiger partial charge is 0.495 e. The summed E-state index contributed by atoms with van der Waals surface area (Å²) < 4.78 is 29.1. The van der Waals surface area contributed by atoms with Crippen molar-refractivity contribution in [1.82, 2.24) is 10.2 Å². The number of aliphatic carboxylic acids is 1. The van der Waals surface area contributed by atoms with E-state index in [9.17, 15) is 29.1 Å². The number of thioether (sulfide) groups is 1. The molecule has 2 saturated heterocycles. The molecule has 0 radical (unpaired) electrons. The number of nitrogens with zero attached hydrogens (tertiary/aromatic N) is 2. The fourth-order valence-electron chi connectivity index (χ4n) is 6.82. The van der Waals surface area contributed by atoms with Crippen molar-refractivity contribution in [2.24, 2.45) is 5.92 Å². The average Bonchev–Trinajstić information content (AvgIpc) is 3.83. The number of alkyl carbamates (subject to hydrolysis) is 1. The van der Waals surface area contributed by atoms with E-state index >= 15 is 0 Å². The molecular weight excluding hydrogens is 758 g/mol. The van der Waals surface area contributed by atoms with Crippen LogP contribution in [0.15, 0.2) is 35.9 Å². The van der Waals surface area contributed by atoms with Gasteiger partial charge in [0.15, 0.2) is 5.72 Å². The molecule has 0 aliphatic carbocycles. The maximum Gasteiger partial charge on any atom is 0.409 e. The van der Waals surface area contributed by atoms with Gasteiger partial charge in [0, 0.05) is 51.5 Å². The first-order valence-corrected chi connectivity index (χ1v) is 19.5. The Labute approximate surface area is 330 Å². The van der Waals surface area contributed by atoms with Gasteiger partial charge < -0.3 is 43.7 Å². The number of carboxylic acids is 1. The molecule has 55 heavy (non-hydrogen) atoms. The summed E-state index contributed by atoms with van der Waals surface area (Å²) in [5.74, 6) is -2.00. The van der Waals surface area contributed by atoms with E-state index in [-0.39, 0.29) is 36.6 Å². The minimum Gasteiger partial charge on any atom is -0.495 e. The number of carbonyl (C=O) groups excluding carboxylic acids is 4. The smallest absolute Gasteiger partial charge is 0.409 e. The molecule has 3 aliphatic heterocycles. The molecule has 0 spiro atoms. The Morgan fingerprint density at radius 1 is 1.20 bits per heavy atom. The van der Waals surface area contributed by atoms with E-state index in [1.54, 1.807) is 45.2 Å². The van der Waals surface area contributed by atoms with E-state index in [1.807, 2.05) is 13.0 Å².